The van der Waals surface area contributed by atoms with Crippen molar-refractivity contribution in [1.82, 2.24) is 74.1 Å². The van der Waals surface area contributed by atoms with Gasteiger partial charge in [0.25, 0.3) is 5.91 Å². The van der Waals surface area contributed by atoms with Gasteiger partial charge in [-0.2, -0.15) is 0 Å². The number of aromatic amines is 1. The zero-order valence-electron chi connectivity index (χ0n) is 67.8. The number of aromatic nitrogens is 1. The van der Waals surface area contributed by atoms with Crippen molar-refractivity contribution in [2.75, 3.05) is 37.7 Å². The number of anilines is 1. The average Bonchev–Trinajstić information content (AvgIpc) is 1.68. The molecule has 1 fully saturated rings. The summed E-state index contributed by atoms with van der Waals surface area (Å²) in [4.78, 5) is 280. The summed E-state index contributed by atoms with van der Waals surface area (Å²) in [6.07, 6.45) is -4.08. The van der Waals surface area contributed by atoms with Crippen molar-refractivity contribution in [1.29, 1.82) is 0 Å². The summed E-state index contributed by atoms with van der Waals surface area (Å²) in [5.74, 6) is -29.2. The van der Waals surface area contributed by atoms with Crippen LogP contribution in [0.5, 0.6) is 0 Å². The SMILES string of the molecule is CCCCCCSc1ccc(-c2csc(C(=O)N[C@@H](Cc3c[nH]c4ccccc34)C(=O)N[C@@H](CC(N)=O)C(=O)N[C@@H](CC(=O)O)C(=O)N[C@@H]3C(=O)NCC(=O)N[C@@H](CCCN)C(=O)N[C@H](CC(=O)O)C(=O)N[C@H](C)C(=O)N[C@@H](CC(=O)O)C(=O)NCC(=O)N[C@H](CO)C(=O)N[C@@H]([C@@H](C)CC(=O)O)C(=O)N[C@@H](CC(=O)c4ccccc4N)C(=O)O[C@@H]3C)c2)cc1. The molecule has 0 spiro atoms. The number of carbonyl (C=O) groups is 20. The first-order valence-corrected chi connectivity index (χ1v) is 41.0. The van der Waals surface area contributed by atoms with Crippen LogP contribution in [0.25, 0.3) is 22.0 Å². The van der Waals surface area contributed by atoms with Gasteiger partial charge >= 0.3 is 29.8 Å². The fourth-order valence-electron chi connectivity index (χ4n) is 12.5. The number of hydrogen-bond acceptors (Lipinski definition) is 26. The molecule has 2 aromatic heterocycles. The van der Waals surface area contributed by atoms with Gasteiger partial charge < -0.3 is 122 Å². The third-order valence-corrected chi connectivity index (χ3v) is 21.1. The lowest BCUT2D eigenvalue weighted by Gasteiger charge is -2.30. The molecule has 670 valence electrons. The molecule has 14 amide bonds. The van der Waals surface area contributed by atoms with Gasteiger partial charge in [-0.1, -0.05) is 75.6 Å². The van der Waals surface area contributed by atoms with E-state index in [9.17, 15) is 121 Å². The minimum absolute atomic E-state index is 0.101. The van der Waals surface area contributed by atoms with Gasteiger partial charge in [-0.15, -0.1) is 23.1 Å². The topological polar surface area (TPSA) is 702 Å². The molecule has 3 heterocycles. The van der Waals surface area contributed by atoms with Crippen LogP contribution in [0.2, 0.25) is 0 Å². The number of thiophene rings is 1. The van der Waals surface area contributed by atoms with E-state index in [0.29, 0.717) is 22.0 Å². The number of fused-ring (bicyclic) bond motifs is 1. The number of carboxylic acids is 4. The second-order valence-electron chi connectivity index (χ2n) is 28.9. The Balaban J connectivity index is 1.39. The molecule has 45 heteroatoms. The van der Waals surface area contributed by atoms with Gasteiger partial charge in [0.1, 0.15) is 72.6 Å². The molecule has 6 rings (SSSR count). The quantitative estimate of drug-likeness (QED) is 0.00630. The van der Waals surface area contributed by atoms with Gasteiger partial charge in [-0.3, -0.25) is 91.1 Å². The first kappa shape index (κ1) is 99.4. The summed E-state index contributed by atoms with van der Waals surface area (Å²) in [5.41, 5.74) is 19.6. The van der Waals surface area contributed by atoms with Gasteiger partial charge in [0.15, 0.2) is 5.78 Å². The minimum Gasteiger partial charge on any atom is -0.481 e. The van der Waals surface area contributed by atoms with E-state index in [0.717, 1.165) is 74.0 Å². The van der Waals surface area contributed by atoms with Crippen molar-refractivity contribution in [3.05, 3.63) is 106 Å². The summed E-state index contributed by atoms with van der Waals surface area (Å²) >= 11 is 2.77. The maximum Gasteiger partial charge on any atom is 0.329 e. The molecule has 13 atom stereocenters. The number of carbonyl (C=O) groups excluding carboxylic acids is 16. The molecular weight excluding hydrogens is 1670 g/mol. The number of nitrogen functional groups attached to an aromatic ring is 1. The summed E-state index contributed by atoms with van der Waals surface area (Å²) < 4.78 is 5.71. The predicted molar refractivity (Wildman–Crippen MR) is 442 cm³/mol. The van der Waals surface area contributed by atoms with E-state index in [1.54, 1.807) is 53.7 Å². The minimum atomic E-state index is -2.47. The van der Waals surface area contributed by atoms with Crippen LogP contribution < -0.4 is 86.3 Å². The first-order valence-electron chi connectivity index (χ1n) is 39.1. The smallest absolute Gasteiger partial charge is 0.329 e. The van der Waals surface area contributed by atoms with E-state index in [1.807, 2.05) is 40.2 Å². The van der Waals surface area contributed by atoms with Crippen LogP contribution in [0.3, 0.4) is 0 Å². The highest BCUT2D eigenvalue weighted by Gasteiger charge is 2.41. The van der Waals surface area contributed by atoms with Gasteiger partial charge in [-0.25, -0.2) is 4.79 Å². The summed E-state index contributed by atoms with van der Waals surface area (Å²) in [5, 5.41) is 80.7. The van der Waals surface area contributed by atoms with Crippen LogP contribution in [-0.2, 0) is 97.5 Å². The Kier molecular flexibility index (Phi) is 39.2. The number of aliphatic hydroxyl groups excluding tert-OH is 1. The monoisotopic (exact) mass is 1770 g/mol. The van der Waals surface area contributed by atoms with E-state index in [-0.39, 0.29) is 35.5 Å². The summed E-state index contributed by atoms with van der Waals surface area (Å²) in [6, 6.07) is -1.53. The van der Waals surface area contributed by atoms with Crippen LogP contribution in [-0.4, -0.2) is 253 Å². The zero-order valence-corrected chi connectivity index (χ0v) is 69.4. The number of esters is 1. The summed E-state index contributed by atoms with van der Waals surface area (Å²) in [6.45, 7) is 1.15. The number of unbranched alkanes of at least 4 members (excludes halogenated alkanes) is 3. The molecule has 3 aromatic carbocycles. The molecule has 43 nitrogen and oxygen atoms in total. The fraction of sp³-hybridized carbons (Fsp3) is 0.443. The van der Waals surface area contributed by atoms with E-state index < -0.39 is 261 Å². The molecule has 0 saturated carbocycles. The third kappa shape index (κ3) is 31.5. The van der Waals surface area contributed by atoms with E-state index in [4.69, 9.17) is 21.9 Å². The second kappa shape index (κ2) is 48.9. The van der Waals surface area contributed by atoms with Gasteiger partial charge in [0.2, 0.25) is 76.8 Å². The lowest BCUT2D eigenvalue weighted by Crippen LogP contribution is -2.62. The number of nitrogens with one attached hydrogen (secondary N) is 14. The number of H-pyrrole nitrogens is 1. The van der Waals surface area contributed by atoms with Crippen LogP contribution in [0, 0.1) is 5.92 Å². The number of carboxylic acid groups (broad SMARTS) is 4. The fourth-order valence-corrected chi connectivity index (χ4v) is 14.3. The van der Waals surface area contributed by atoms with E-state index in [2.05, 4.69) is 65.1 Å². The van der Waals surface area contributed by atoms with E-state index >= 15 is 0 Å². The molecule has 0 radical (unpaired) electrons. The Bertz CT molecular complexity index is 4750. The molecule has 1 aliphatic heterocycles. The number of aliphatic carboxylic acids is 4. The Hall–Kier alpha value is -13.4. The number of nitrogens with two attached hydrogens (primary N) is 3. The molecule has 0 unspecified atom stereocenters. The molecule has 5 aromatic rings. The lowest BCUT2D eigenvalue weighted by molar-refractivity contribution is -0.156. The number of aliphatic hydroxyl groups is 1. The molecule has 124 heavy (non-hydrogen) atoms. The largest absolute Gasteiger partial charge is 0.481 e. The van der Waals surface area contributed by atoms with Crippen molar-refractivity contribution < 1.29 is 126 Å². The number of thioether (sulfide) groups is 1. The highest BCUT2D eigenvalue weighted by atomic mass is 32.2. The zero-order chi connectivity index (χ0) is 91.6. The number of amides is 14. The number of ether oxygens (including phenoxy) is 1. The molecular formula is C79H101N17O26S2. The molecule has 0 bridgehead atoms. The highest BCUT2D eigenvalue weighted by Crippen LogP contribution is 2.30. The van der Waals surface area contributed by atoms with Crippen molar-refractivity contribution in [3.63, 3.8) is 0 Å². The Labute approximate surface area is 716 Å². The molecule has 1 aliphatic rings. The Morgan fingerprint density at radius 1 is 0.581 bits per heavy atom. The normalized spacial score (nSPS) is 20.5. The second-order valence-corrected chi connectivity index (χ2v) is 31.0. The van der Waals surface area contributed by atoms with Crippen molar-refractivity contribution in [3.8, 4) is 11.1 Å². The van der Waals surface area contributed by atoms with Crippen molar-refractivity contribution >= 4 is 158 Å². The number of benzene rings is 3. The van der Waals surface area contributed by atoms with Crippen molar-refractivity contribution in [2.24, 2.45) is 17.4 Å². The maximum absolute atomic E-state index is 14.9. The number of ketones is 1. The first-order chi connectivity index (χ1) is 58.8. The molecule has 0 aliphatic carbocycles. The number of rotatable bonds is 35. The van der Waals surface area contributed by atoms with Crippen LogP contribution in [0.1, 0.15) is 130 Å². The van der Waals surface area contributed by atoms with Crippen LogP contribution in [0.4, 0.5) is 5.69 Å². The number of primary amides is 1. The van der Waals surface area contributed by atoms with Crippen LogP contribution >= 0.6 is 23.1 Å². The number of hydrogen-bond donors (Lipinski definition) is 22. The standard InChI is InChI=1S/C79H101N17O26S2/c1-5-6-7-12-24-123-44-21-19-41(20-22-44)43-27-58(124-37-43)76(118)93-50(26-42-33-83-48-17-11-9-14-45(42)48)72(114)90-51(29-59(82)99)73(115)92-54(32-65(108)109)74(116)96-67-40(4)122-79(121)55(28-57(98)46-15-8-10-16-47(46)81)94-78(120)66(38(2)25-62(102)103)95-75(117)56(36-97)88-61(101)34-84-69(111)52(30-63(104)105)89-68(110)39(3)86-71(113)53(31-64(106)107)91-70(112)49(18-13-23-80)87-60(100)35-85-77(67)119/h8-11,14-17,19-22,27,33,37-40,49-56,66-67,83,97H,5-7,12-13,18,23-26,28-32,34-36,80-81H2,1-4H3,(H2,82,99)(H,84,111)(H,85,119)(H,86,113)(H,87,100)(H,88,101)(H,89,110)(H,90,114)(H,91,112)(H,92,115)(H,93,118)(H,94,120)(H,95,117)(H,96,116)(H,102,103)(H,104,105)(H,106,107)(H,108,109)/t38-,39+,40+,49-,50-,51-,52-,53+,54-,55-,56+,66-,67-/m0/s1. The van der Waals surface area contributed by atoms with Crippen LogP contribution in [0.15, 0.2) is 95.3 Å². The predicted octanol–water partition coefficient (Wildman–Crippen LogP) is -3.05. The number of Topliss-reactive ketones (excluding diaryl/α,β-unsaturated/α-hetero) is 1. The third-order valence-electron chi connectivity index (χ3n) is 19.1. The van der Waals surface area contributed by atoms with Gasteiger partial charge in [0, 0.05) is 46.1 Å². The lowest BCUT2D eigenvalue weighted by atomic mass is 9.96. The highest BCUT2D eigenvalue weighted by molar-refractivity contribution is 7.99. The van der Waals surface area contributed by atoms with Crippen molar-refractivity contribution in [2.45, 2.75) is 189 Å². The number of para-hydroxylation sites is 2. The van der Waals surface area contributed by atoms with Gasteiger partial charge in [0.05, 0.1) is 56.7 Å². The average molecular weight is 1770 g/mol. The van der Waals surface area contributed by atoms with Gasteiger partial charge in [-0.05, 0) is 110 Å². The summed E-state index contributed by atoms with van der Waals surface area (Å²) in [7, 11) is 0. The van der Waals surface area contributed by atoms with E-state index in [1.165, 1.54) is 24.3 Å². The Morgan fingerprint density at radius 3 is 1.78 bits per heavy atom. The number of cyclic esters (lactones) is 1. The molecule has 1 saturated heterocycles. The maximum atomic E-state index is 14.9. The Morgan fingerprint density at radius 2 is 1.16 bits per heavy atom. The molecule has 25 N–H and O–H groups in total.